The van der Waals surface area contributed by atoms with E-state index >= 15 is 0 Å². The van der Waals surface area contributed by atoms with Gasteiger partial charge in [0.2, 0.25) is 5.95 Å². The topological polar surface area (TPSA) is 70.5 Å². The van der Waals surface area contributed by atoms with Gasteiger partial charge in [-0.1, -0.05) is 0 Å². The predicted molar refractivity (Wildman–Crippen MR) is 58.0 cm³/mol. The molecular weight excluding hydrogens is 227 g/mol. The fourth-order valence-electron chi connectivity index (χ4n) is 1.32. The van der Waals surface area contributed by atoms with Gasteiger partial charge in [0.05, 0.1) is 5.56 Å². The molecule has 17 heavy (non-hydrogen) atoms. The lowest BCUT2D eigenvalue weighted by molar-refractivity contribution is -0.137. The molecule has 6 heteroatoms. The molecule has 0 spiro atoms. The molecule has 1 amide bonds. The SMILES string of the molecule is CN(CCCC(=O)O)C(=O)c1cccnc1F. The average Bonchev–Trinajstić information content (AvgIpc) is 2.28. The van der Waals surface area contributed by atoms with Crippen molar-refractivity contribution in [3.8, 4) is 0 Å². The molecule has 5 nitrogen and oxygen atoms in total. The second kappa shape index (κ2) is 5.93. The van der Waals surface area contributed by atoms with E-state index in [4.69, 9.17) is 5.11 Å². The number of pyridine rings is 1. The van der Waals surface area contributed by atoms with Gasteiger partial charge < -0.3 is 10.0 Å². The van der Waals surface area contributed by atoms with E-state index in [-0.39, 0.29) is 18.5 Å². The van der Waals surface area contributed by atoms with Crippen LogP contribution in [0.15, 0.2) is 18.3 Å². The van der Waals surface area contributed by atoms with Crippen LogP contribution < -0.4 is 0 Å². The van der Waals surface area contributed by atoms with E-state index < -0.39 is 17.8 Å². The normalized spacial score (nSPS) is 10.0. The third-order valence-corrected chi connectivity index (χ3v) is 2.22. The van der Waals surface area contributed by atoms with Crippen molar-refractivity contribution in [2.45, 2.75) is 12.8 Å². The van der Waals surface area contributed by atoms with Crippen LogP contribution in [0.5, 0.6) is 0 Å². The molecule has 1 aromatic heterocycles. The maximum Gasteiger partial charge on any atom is 0.303 e. The van der Waals surface area contributed by atoms with Gasteiger partial charge in [0, 0.05) is 26.2 Å². The number of halogens is 1. The summed E-state index contributed by atoms with van der Waals surface area (Å²) in [6, 6.07) is 2.82. The van der Waals surface area contributed by atoms with Gasteiger partial charge in [-0.25, -0.2) is 4.98 Å². The first-order chi connectivity index (χ1) is 8.02. The summed E-state index contributed by atoms with van der Waals surface area (Å²) in [6.07, 6.45) is 1.57. The summed E-state index contributed by atoms with van der Waals surface area (Å²) in [6.45, 7) is 0.263. The highest BCUT2D eigenvalue weighted by Crippen LogP contribution is 2.07. The summed E-state index contributed by atoms with van der Waals surface area (Å²) in [5, 5.41) is 8.45. The van der Waals surface area contributed by atoms with E-state index in [1.165, 1.54) is 30.3 Å². The second-order valence-electron chi connectivity index (χ2n) is 3.57. The Morgan fingerprint density at radius 2 is 2.24 bits per heavy atom. The summed E-state index contributed by atoms with van der Waals surface area (Å²) >= 11 is 0. The molecule has 1 heterocycles. The monoisotopic (exact) mass is 240 g/mol. The molecule has 0 radical (unpaired) electrons. The van der Waals surface area contributed by atoms with Gasteiger partial charge in [0.1, 0.15) is 0 Å². The Hall–Kier alpha value is -1.98. The number of rotatable bonds is 5. The van der Waals surface area contributed by atoms with Crippen LogP contribution in [-0.2, 0) is 4.79 Å². The van der Waals surface area contributed by atoms with Crippen LogP contribution >= 0.6 is 0 Å². The zero-order valence-corrected chi connectivity index (χ0v) is 9.39. The van der Waals surface area contributed by atoms with Crippen molar-refractivity contribution < 1.29 is 19.1 Å². The van der Waals surface area contributed by atoms with Gasteiger partial charge in [-0.3, -0.25) is 9.59 Å². The molecule has 1 rings (SSSR count). The van der Waals surface area contributed by atoms with Crippen LogP contribution in [0.2, 0.25) is 0 Å². The quantitative estimate of drug-likeness (QED) is 0.784. The summed E-state index contributed by atoms with van der Waals surface area (Å²) in [5.74, 6) is -2.23. The van der Waals surface area contributed by atoms with Crippen molar-refractivity contribution in [1.82, 2.24) is 9.88 Å². The van der Waals surface area contributed by atoms with E-state index in [1.807, 2.05) is 0 Å². The van der Waals surface area contributed by atoms with Crippen LogP contribution in [0, 0.1) is 5.95 Å². The van der Waals surface area contributed by atoms with Crippen LogP contribution in [0.25, 0.3) is 0 Å². The number of aromatic nitrogens is 1. The fraction of sp³-hybridized carbons (Fsp3) is 0.364. The van der Waals surface area contributed by atoms with Gasteiger partial charge in [-0.2, -0.15) is 4.39 Å². The Balaban J connectivity index is 2.58. The molecule has 92 valence electrons. The molecule has 0 saturated carbocycles. The first kappa shape index (κ1) is 13.1. The lowest BCUT2D eigenvalue weighted by atomic mass is 10.2. The third-order valence-electron chi connectivity index (χ3n) is 2.22. The lowest BCUT2D eigenvalue weighted by Gasteiger charge is -2.16. The van der Waals surface area contributed by atoms with E-state index in [9.17, 15) is 14.0 Å². The number of amides is 1. The lowest BCUT2D eigenvalue weighted by Crippen LogP contribution is -2.29. The summed E-state index contributed by atoms with van der Waals surface area (Å²) in [4.78, 5) is 26.7. The molecule has 0 aromatic carbocycles. The zero-order valence-electron chi connectivity index (χ0n) is 9.39. The van der Waals surface area contributed by atoms with Gasteiger partial charge >= 0.3 is 5.97 Å². The highest BCUT2D eigenvalue weighted by atomic mass is 19.1. The Bertz CT molecular complexity index is 423. The largest absolute Gasteiger partial charge is 0.481 e. The molecule has 1 aromatic rings. The summed E-state index contributed by atoms with van der Waals surface area (Å²) < 4.78 is 13.2. The van der Waals surface area contributed by atoms with Gasteiger partial charge in [0.15, 0.2) is 0 Å². The highest BCUT2D eigenvalue weighted by Gasteiger charge is 2.16. The highest BCUT2D eigenvalue weighted by molar-refractivity contribution is 5.93. The van der Waals surface area contributed by atoms with Gasteiger partial charge in [-0.05, 0) is 18.6 Å². The number of carboxylic acids is 1. The van der Waals surface area contributed by atoms with Crippen LogP contribution in [0.4, 0.5) is 4.39 Å². The van der Waals surface area contributed by atoms with Gasteiger partial charge in [0.25, 0.3) is 5.91 Å². The Kier molecular flexibility index (Phi) is 4.56. The van der Waals surface area contributed by atoms with Gasteiger partial charge in [-0.15, -0.1) is 0 Å². The Morgan fingerprint density at radius 3 is 2.82 bits per heavy atom. The van der Waals surface area contributed by atoms with Crippen molar-refractivity contribution in [1.29, 1.82) is 0 Å². The molecule has 0 atom stereocenters. The van der Waals surface area contributed by atoms with E-state index in [0.717, 1.165) is 0 Å². The molecule has 0 aliphatic rings. The summed E-state index contributed by atoms with van der Waals surface area (Å²) in [7, 11) is 1.50. The van der Waals surface area contributed by atoms with Crippen LogP contribution in [0.3, 0.4) is 0 Å². The first-order valence-corrected chi connectivity index (χ1v) is 5.10. The number of carbonyl (C=O) groups excluding carboxylic acids is 1. The Labute approximate surface area is 97.9 Å². The summed E-state index contributed by atoms with van der Waals surface area (Å²) in [5.41, 5.74) is -0.106. The predicted octanol–water partition coefficient (Wildman–Crippen LogP) is 1.16. The van der Waals surface area contributed by atoms with E-state index in [1.54, 1.807) is 0 Å². The zero-order chi connectivity index (χ0) is 12.8. The first-order valence-electron chi connectivity index (χ1n) is 5.10. The number of carbonyl (C=O) groups is 2. The molecule has 0 aliphatic heterocycles. The molecule has 0 fully saturated rings. The smallest absolute Gasteiger partial charge is 0.303 e. The van der Waals surface area contributed by atoms with E-state index in [0.29, 0.717) is 6.42 Å². The maximum absolute atomic E-state index is 13.2. The maximum atomic E-state index is 13.2. The molecule has 0 unspecified atom stereocenters. The van der Waals surface area contributed by atoms with Crippen molar-refractivity contribution in [3.05, 3.63) is 29.8 Å². The van der Waals surface area contributed by atoms with Crippen molar-refractivity contribution >= 4 is 11.9 Å². The molecule has 0 saturated heterocycles. The standard InChI is InChI=1S/C11H13FN2O3/c1-14(7-3-5-9(15)16)11(17)8-4-2-6-13-10(8)12/h2,4,6H,3,5,7H2,1H3,(H,15,16). The minimum absolute atomic E-state index is 0.0207. The minimum Gasteiger partial charge on any atom is -0.481 e. The van der Waals surface area contributed by atoms with E-state index in [2.05, 4.69) is 4.98 Å². The average molecular weight is 240 g/mol. The molecule has 1 N–H and O–H groups in total. The van der Waals surface area contributed by atoms with Crippen molar-refractivity contribution in [2.24, 2.45) is 0 Å². The van der Waals surface area contributed by atoms with Crippen molar-refractivity contribution in [3.63, 3.8) is 0 Å². The fourth-order valence-corrected chi connectivity index (χ4v) is 1.32. The minimum atomic E-state index is -0.918. The van der Waals surface area contributed by atoms with Crippen molar-refractivity contribution in [2.75, 3.05) is 13.6 Å². The number of aliphatic carboxylic acids is 1. The molecular formula is C11H13FN2O3. The van der Waals surface area contributed by atoms with Crippen LogP contribution in [0.1, 0.15) is 23.2 Å². The van der Waals surface area contributed by atoms with Crippen LogP contribution in [-0.4, -0.2) is 40.5 Å². The third kappa shape index (κ3) is 3.82. The number of hydrogen-bond donors (Lipinski definition) is 1. The Morgan fingerprint density at radius 1 is 1.53 bits per heavy atom. The second-order valence-corrected chi connectivity index (χ2v) is 3.57. The number of carboxylic acid groups (broad SMARTS) is 1. The molecule has 0 aliphatic carbocycles. The number of hydrogen-bond acceptors (Lipinski definition) is 3. The number of nitrogens with zero attached hydrogens (tertiary/aromatic N) is 2. The molecule has 0 bridgehead atoms.